The minimum atomic E-state index is 0.142. The van der Waals surface area contributed by atoms with Crippen LogP contribution in [0.4, 0.5) is 0 Å². The van der Waals surface area contributed by atoms with Crippen LogP contribution in [0.1, 0.15) is 39.7 Å². The summed E-state index contributed by atoms with van der Waals surface area (Å²) in [7, 11) is 0. The van der Waals surface area contributed by atoms with Crippen molar-refractivity contribution in [2.75, 3.05) is 13.2 Å². The molecule has 1 aromatic rings. The maximum atomic E-state index is 5.89. The molecule has 1 aliphatic rings. The molecule has 1 aromatic carbocycles. The van der Waals surface area contributed by atoms with Crippen LogP contribution < -0.4 is 5.32 Å². The summed E-state index contributed by atoms with van der Waals surface area (Å²) in [6.07, 6.45) is 2.47. The summed E-state index contributed by atoms with van der Waals surface area (Å²) in [6, 6.07) is 8.53. The topological polar surface area (TPSA) is 21.3 Å². The number of hydrogen-bond donors (Lipinski definition) is 1. The Morgan fingerprint density at radius 3 is 2.60 bits per heavy atom. The quantitative estimate of drug-likeness (QED) is 0.888. The number of hydrogen-bond acceptors (Lipinski definition) is 2. The minimum absolute atomic E-state index is 0.142. The second-order valence-corrected chi connectivity index (χ2v) is 7.85. The van der Waals surface area contributed by atoms with E-state index in [0.29, 0.717) is 6.10 Å². The summed E-state index contributed by atoms with van der Waals surface area (Å²) in [5, 5.41) is 3.68. The van der Waals surface area contributed by atoms with Crippen molar-refractivity contribution in [2.24, 2.45) is 5.41 Å². The van der Waals surface area contributed by atoms with Gasteiger partial charge in [0.25, 0.3) is 0 Å². The van der Waals surface area contributed by atoms with Gasteiger partial charge in [0.2, 0.25) is 0 Å². The Bertz CT molecular complexity index is 455. The molecule has 2 unspecified atom stereocenters. The van der Waals surface area contributed by atoms with Crippen molar-refractivity contribution >= 4 is 15.9 Å². The van der Waals surface area contributed by atoms with Crippen LogP contribution in [0, 0.1) is 5.41 Å². The van der Waals surface area contributed by atoms with Crippen LogP contribution in [-0.4, -0.2) is 24.8 Å². The molecule has 0 aromatic heterocycles. The van der Waals surface area contributed by atoms with Crippen LogP contribution in [0.5, 0.6) is 0 Å². The minimum Gasteiger partial charge on any atom is -0.378 e. The Kier molecular flexibility index (Phi) is 4.93. The first-order valence-electron chi connectivity index (χ1n) is 7.42. The van der Waals surface area contributed by atoms with E-state index < -0.39 is 0 Å². The van der Waals surface area contributed by atoms with E-state index in [1.807, 2.05) is 0 Å². The van der Waals surface area contributed by atoms with Crippen LogP contribution in [-0.2, 0) is 11.2 Å². The molecule has 1 N–H and O–H groups in total. The van der Waals surface area contributed by atoms with Gasteiger partial charge in [-0.3, -0.25) is 0 Å². The molecule has 20 heavy (non-hydrogen) atoms. The standard InChI is InChI=1S/C17H26BrNO/c1-13-17(9-10-20-13,12-19-16(2,3)4)11-14-7-5-6-8-15(14)18/h5-8,13,19H,9-12H2,1-4H3. The summed E-state index contributed by atoms with van der Waals surface area (Å²) in [5.41, 5.74) is 1.71. The fourth-order valence-electron chi connectivity index (χ4n) is 2.81. The first-order chi connectivity index (χ1) is 9.32. The zero-order valence-electron chi connectivity index (χ0n) is 13.0. The molecule has 2 nitrogen and oxygen atoms in total. The highest BCUT2D eigenvalue weighted by atomic mass is 79.9. The lowest BCUT2D eigenvalue weighted by Gasteiger charge is -2.36. The second kappa shape index (κ2) is 6.17. The molecule has 0 spiro atoms. The van der Waals surface area contributed by atoms with Crippen molar-refractivity contribution in [1.82, 2.24) is 5.32 Å². The van der Waals surface area contributed by atoms with E-state index in [2.05, 4.69) is 73.2 Å². The van der Waals surface area contributed by atoms with Gasteiger partial charge in [-0.1, -0.05) is 34.1 Å². The third kappa shape index (κ3) is 3.84. The van der Waals surface area contributed by atoms with E-state index in [0.717, 1.165) is 26.0 Å². The smallest absolute Gasteiger partial charge is 0.0619 e. The highest BCUT2D eigenvalue weighted by molar-refractivity contribution is 9.10. The predicted molar refractivity (Wildman–Crippen MR) is 88.1 cm³/mol. The lowest BCUT2D eigenvalue weighted by molar-refractivity contribution is 0.0597. The molecular formula is C17H26BrNO. The average Bonchev–Trinajstić information content (AvgIpc) is 2.71. The molecule has 0 saturated carbocycles. The highest BCUT2D eigenvalue weighted by Gasteiger charge is 2.42. The Labute approximate surface area is 131 Å². The maximum absolute atomic E-state index is 5.89. The van der Waals surface area contributed by atoms with Crippen molar-refractivity contribution in [1.29, 1.82) is 0 Å². The molecule has 0 amide bonds. The fraction of sp³-hybridized carbons (Fsp3) is 0.647. The largest absolute Gasteiger partial charge is 0.378 e. The van der Waals surface area contributed by atoms with Gasteiger partial charge < -0.3 is 10.1 Å². The molecular weight excluding hydrogens is 314 g/mol. The van der Waals surface area contributed by atoms with E-state index in [-0.39, 0.29) is 11.0 Å². The van der Waals surface area contributed by atoms with Gasteiger partial charge in [-0.25, -0.2) is 0 Å². The molecule has 1 aliphatic heterocycles. The van der Waals surface area contributed by atoms with E-state index in [1.54, 1.807) is 0 Å². The van der Waals surface area contributed by atoms with Gasteiger partial charge in [-0.15, -0.1) is 0 Å². The molecule has 1 fully saturated rings. The number of ether oxygens (including phenoxy) is 1. The van der Waals surface area contributed by atoms with Gasteiger partial charge in [0.15, 0.2) is 0 Å². The fourth-order valence-corrected chi connectivity index (χ4v) is 3.23. The van der Waals surface area contributed by atoms with Crippen molar-refractivity contribution < 1.29 is 4.74 Å². The van der Waals surface area contributed by atoms with Gasteiger partial charge in [0.1, 0.15) is 0 Å². The van der Waals surface area contributed by atoms with Crippen LogP contribution in [0.2, 0.25) is 0 Å². The summed E-state index contributed by atoms with van der Waals surface area (Å²) >= 11 is 3.68. The Balaban J connectivity index is 2.18. The second-order valence-electron chi connectivity index (χ2n) is 7.00. The van der Waals surface area contributed by atoms with Crippen molar-refractivity contribution in [2.45, 2.75) is 52.2 Å². The van der Waals surface area contributed by atoms with Gasteiger partial charge in [0.05, 0.1) is 6.10 Å². The molecule has 112 valence electrons. The zero-order valence-corrected chi connectivity index (χ0v) is 14.6. The van der Waals surface area contributed by atoms with E-state index in [4.69, 9.17) is 4.74 Å². The Morgan fingerprint density at radius 2 is 2.05 bits per heavy atom. The lowest BCUT2D eigenvalue weighted by atomic mass is 9.75. The normalized spacial score (nSPS) is 26.9. The maximum Gasteiger partial charge on any atom is 0.0619 e. The average molecular weight is 340 g/mol. The Hall–Kier alpha value is -0.380. The monoisotopic (exact) mass is 339 g/mol. The number of nitrogens with one attached hydrogen (secondary N) is 1. The highest BCUT2D eigenvalue weighted by Crippen LogP contribution is 2.39. The molecule has 0 aliphatic carbocycles. The number of rotatable bonds is 4. The molecule has 1 heterocycles. The molecule has 0 bridgehead atoms. The molecule has 2 atom stereocenters. The third-order valence-corrected chi connectivity index (χ3v) is 5.07. The van der Waals surface area contributed by atoms with E-state index in [9.17, 15) is 0 Å². The van der Waals surface area contributed by atoms with Crippen LogP contribution in [0.25, 0.3) is 0 Å². The van der Waals surface area contributed by atoms with Crippen molar-refractivity contribution in [3.63, 3.8) is 0 Å². The van der Waals surface area contributed by atoms with Crippen LogP contribution in [0.15, 0.2) is 28.7 Å². The zero-order chi connectivity index (χ0) is 14.8. The molecule has 0 radical (unpaired) electrons. The predicted octanol–water partition coefficient (Wildman–Crippen LogP) is 4.17. The van der Waals surface area contributed by atoms with E-state index >= 15 is 0 Å². The van der Waals surface area contributed by atoms with Gasteiger partial charge in [-0.2, -0.15) is 0 Å². The van der Waals surface area contributed by atoms with Crippen LogP contribution in [0.3, 0.4) is 0 Å². The summed E-state index contributed by atoms with van der Waals surface area (Å²) in [6.45, 7) is 10.8. The first-order valence-corrected chi connectivity index (χ1v) is 8.22. The van der Waals surface area contributed by atoms with Gasteiger partial charge in [-0.05, 0) is 52.2 Å². The molecule has 1 saturated heterocycles. The van der Waals surface area contributed by atoms with E-state index in [1.165, 1.54) is 10.0 Å². The molecule has 3 heteroatoms. The summed E-state index contributed by atoms with van der Waals surface area (Å²) in [5.74, 6) is 0. The van der Waals surface area contributed by atoms with Gasteiger partial charge in [0, 0.05) is 28.6 Å². The SMILES string of the molecule is CC1OCCC1(CNC(C)(C)C)Cc1ccccc1Br. The lowest BCUT2D eigenvalue weighted by Crippen LogP contribution is -2.47. The van der Waals surface area contributed by atoms with Crippen molar-refractivity contribution in [3.8, 4) is 0 Å². The molecule has 2 rings (SSSR count). The third-order valence-electron chi connectivity index (χ3n) is 4.30. The summed E-state index contributed by atoms with van der Waals surface area (Å²) in [4.78, 5) is 0. The number of halogens is 1. The van der Waals surface area contributed by atoms with Gasteiger partial charge >= 0.3 is 0 Å². The first kappa shape index (κ1) is 16.0. The summed E-state index contributed by atoms with van der Waals surface area (Å²) < 4.78 is 7.09. The Morgan fingerprint density at radius 1 is 1.35 bits per heavy atom. The van der Waals surface area contributed by atoms with Crippen LogP contribution >= 0.6 is 15.9 Å². The number of benzene rings is 1. The van der Waals surface area contributed by atoms with Crippen molar-refractivity contribution in [3.05, 3.63) is 34.3 Å².